The predicted molar refractivity (Wildman–Crippen MR) is 105 cm³/mol. The van der Waals surface area contributed by atoms with Crippen molar-refractivity contribution in [1.82, 2.24) is 4.90 Å². The molecule has 0 radical (unpaired) electrons. The van der Waals surface area contributed by atoms with Crippen LogP contribution >= 0.6 is 0 Å². The maximum absolute atomic E-state index is 11.9. The molecule has 1 unspecified atom stereocenters. The molecule has 0 aromatic heterocycles. The number of nitrogens with zero attached hydrogens (tertiary/aromatic N) is 1. The molecule has 1 aliphatic heterocycles. The largest absolute Gasteiger partial charge is 0.493 e. The van der Waals surface area contributed by atoms with Crippen molar-refractivity contribution in [2.75, 3.05) is 26.9 Å². The summed E-state index contributed by atoms with van der Waals surface area (Å²) in [6.45, 7) is 8.46. The van der Waals surface area contributed by atoms with Crippen LogP contribution in [0.25, 0.3) is 0 Å². The third-order valence-corrected chi connectivity index (χ3v) is 4.62. The van der Waals surface area contributed by atoms with E-state index in [4.69, 9.17) is 14.2 Å². The summed E-state index contributed by atoms with van der Waals surface area (Å²) >= 11 is 0. The minimum Gasteiger partial charge on any atom is -0.493 e. The first kappa shape index (κ1) is 21.5. The fraction of sp³-hybridized carbons (Fsp3) is 0.429. The number of esters is 1. The van der Waals surface area contributed by atoms with E-state index in [9.17, 15) is 14.7 Å². The van der Waals surface area contributed by atoms with Crippen molar-refractivity contribution in [3.63, 3.8) is 0 Å². The van der Waals surface area contributed by atoms with Crippen LogP contribution in [-0.4, -0.2) is 55.0 Å². The molecule has 28 heavy (non-hydrogen) atoms. The lowest BCUT2D eigenvalue weighted by Gasteiger charge is -2.38. The van der Waals surface area contributed by atoms with Crippen molar-refractivity contribution in [2.24, 2.45) is 0 Å². The van der Waals surface area contributed by atoms with Crippen molar-refractivity contribution >= 4 is 12.1 Å². The molecule has 152 valence electrons. The van der Waals surface area contributed by atoms with Gasteiger partial charge in [0.2, 0.25) is 0 Å². The molecule has 2 atom stereocenters. The van der Waals surface area contributed by atoms with Crippen LogP contribution in [0.1, 0.15) is 41.2 Å². The molecule has 1 saturated heterocycles. The minimum absolute atomic E-state index is 0.0834. The number of likely N-dealkylation sites (tertiary alicyclic amines) is 1. The third-order valence-electron chi connectivity index (χ3n) is 4.62. The number of methoxy groups -OCH3 is 1. The summed E-state index contributed by atoms with van der Waals surface area (Å²) in [5.41, 5.74) is 1.04. The molecule has 2 rings (SSSR count). The zero-order valence-electron chi connectivity index (χ0n) is 16.1. The summed E-state index contributed by atoms with van der Waals surface area (Å²) in [5.74, 6) is -0.0172. The van der Waals surface area contributed by atoms with E-state index in [1.165, 1.54) is 12.0 Å². The van der Waals surface area contributed by atoms with Gasteiger partial charge in [0.1, 0.15) is 5.75 Å². The van der Waals surface area contributed by atoms with Gasteiger partial charge in [-0.05, 0) is 31.4 Å². The number of amides is 1. The van der Waals surface area contributed by atoms with E-state index in [1.807, 2.05) is 0 Å². The molecule has 7 nitrogen and oxygen atoms in total. The van der Waals surface area contributed by atoms with Crippen LogP contribution in [0, 0.1) is 0 Å². The van der Waals surface area contributed by atoms with Gasteiger partial charge in [-0.1, -0.05) is 18.2 Å². The van der Waals surface area contributed by atoms with Crippen LogP contribution in [0.4, 0.5) is 4.79 Å². The average molecular weight is 389 g/mol. The first-order chi connectivity index (χ1) is 13.5. The molecule has 1 aromatic carbocycles. The Balaban J connectivity index is 2.37. The number of ether oxygens (including phenoxy) is 3. The van der Waals surface area contributed by atoms with Crippen LogP contribution < -0.4 is 4.74 Å². The second-order valence-corrected chi connectivity index (χ2v) is 6.43. The second-order valence-electron chi connectivity index (χ2n) is 6.43. The van der Waals surface area contributed by atoms with E-state index < -0.39 is 18.1 Å². The molecule has 1 N–H and O–H groups in total. The van der Waals surface area contributed by atoms with Crippen molar-refractivity contribution in [3.8, 4) is 5.75 Å². The Morgan fingerprint density at radius 1 is 1.32 bits per heavy atom. The Bertz CT molecular complexity index is 717. The topological polar surface area (TPSA) is 85.3 Å². The van der Waals surface area contributed by atoms with Gasteiger partial charge in [-0.3, -0.25) is 0 Å². The molecule has 1 heterocycles. The van der Waals surface area contributed by atoms with Gasteiger partial charge in [0.15, 0.2) is 0 Å². The van der Waals surface area contributed by atoms with Crippen molar-refractivity contribution < 1.29 is 28.9 Å². The summed E-state index contributed by atoms with van der Waals surface area (Å²) in [6, 6.07) is 4.51. The molecule has 1 aromatic rings. The van der Waals surface area contributed by atoms with E-state index in [-0.39, 0.29) is 6.10 Å². The van der Waals surface area contributed by atoms with Gasteiger partial charge in [0, 0.05) is 12.1 Å². The van der Waals surface area contributed by atoms with Gasteiger partial charge in [-0.15, -0.1) is 13.2 Å². The zero-order chi connectivity index (χ0) is 20.5. The Kier molecular flexibility index (Phi) is 8.07. The number of carboxylic acid groups (broad SMARTS) is 1. The molecule has 7 heteroatoms. The van der Waals surface area contributed by atoms with E-state index in [2.05, 4.69) is 13.2 Å². The number of carbonyl (C=O) groups is 2. The van der Waals surface area contributed by atoms with E-state index in [0.29, 0.717) is 55.9 Å². The van der Waals surface area contributed by atoms with Gasteiger partial charge in [0.05, 0.1) is 38.0 Å². The van der Waals surface area contributed by atoms with Crippen LogP contribution in [0.3, 0.4) is 0 Å². The van der Waals surface area contributed by atoms with E-state index in [0.717, 1.165) is 0 Å². The van der Waals surface area contributed by atoms with Crippen LogP contribution in [-0.2, 0) is 9.47 Å². The van der Waals surface area contributed by atoms with Crippen LogP contribution in [0.5, 0.6) is 5.75 Å². The Morgan fingerprint density at radius 2 is 2.11 bits per heavy atom. The van der Waals surface area contributed by atoms with Gasteiger partial charge in [-0.25, -0.2) is 9.59 Å². The highest BCUT2D eigenvalue weighted by atomic mass is 16.5. The maximum atomic E-state index is 11.9. The molecule has 0 aliphatic carbocycles. The summed E-state index contributed by atoms with van der Waals surface area (Å²) < 4.78 is 16.4. The standard InChI is InChI=1S/C21H27NO6/c1-4-6-12-28-19-13-15(20(23)26-3)7-8-17(19)18-14-16(27-11-5-2)9-10-22(18)21(24)25/h4-5,7-8,13,16,18H,1-2,6,9-12,14H2,3H3,(H,24,25)/t16?,18-/m0/s1. The first-order valence-corrected chi connectivity index (χ1v) is 9.19. The van der Waals surface area contributed by atoms with Crippen LogP contribution in [0.15, 0.2) is 43.5 Å². The average Bonchev–Trinajstić information content (AvgIpc) is 2.71. The number of benzene rings is 1. The first-order valence-electron chi connectivity index (χ1n) is 9.19. The lowest BCUT2D eigenvalue weighted by molar-refractivity contribution is -0.000309. The Morgan fingerprint density at radius 3 is 2.75 bits per heavy atom. The lowest BCUT2D eigenvalue weighted by Crippen LogP contribution is -2.42. The van der Waals surface area contributed by atoms with E-state index >= 15 is 0 Å². The summed E-state index contributed by atoms with van der Waals surface area (Å²) in [7, 11) is 1.31. The highest BCUT2D eigenvalue weighted by Gasteiger charge is 2.35. The summed E-state index contributed by atoms with van der Waals surface area (Å²) in [6.07, 6.45) is 4.06. The number of hydrogen-bond donors (Lipinski definition) is 1. The quantitative estimate of drug-likeness (QED) is 0.393. The SMILES string of the molecule is C=CCCOc1cc(C(=O)OC)ccc1[C@@H]1CC(OCC=C)CCN1C(=O)O. The maximum Gasteiger partial charge on any atom is 0.407 e. The highest BCUT2D eigenvalue weighted by Crippen LogP contribution is 2.38. The van der Waals surface area contributed by atoms with Crippen LogP contribution in [0.2, 0.25) is 0 Å². The molecule has 0 saturated carbocycles. The summed E-state index contributed by atoms with van der Waals surface area (Å²) in [4.78, 5) is 25.1. The van der Waals surface area contributed by atoms with E-state index in [1.54, 1.807) is 30.4 Å². The molecule has 0 spiro atoms. The Hall–Kier alpha value is -2.80. The fourth-order valence-electron chi connectivity index (χ4n) is 3.24. The molecule has 1 amide bonds. The summed E-state index contributed by atoms with van der Waals surface area (Å²) in [5, 5.41) is 9.66. The van der Waals surface area contributed by atoms with Gasteiger partial charge in [-0.2, -0.15) is 0 Å². The van der Waals surface area contributed by atoms with Gasteiger partial charge in [0.25, 0.3) is 0 Å². The fourth-order valence-corrected chi connectivity index (χ4v) is 3.24. The highest BCUT2D eigenvalue weighted by molar-refractivity contribution is 5.90. The molecule has 0 bridgehead atoms. The second kappa shape index (κ2) is 10.5. The molecule has 1 aliphatic rings. The molecular formula is C21H27NO6. The Labute approximate surface area is 165 Å². The molecule has 1 fully saturated rings. The number of hydrogen-bond acceptors (Lipinski definition) is 5. The number of carbonyl (C=O) groups excluding carboxylic acids is 1. The molecular weight excluding hydrogens is 362 g/mol. The number of rotatable bonds is 9. The van der Waals surface area contributed by atoms with Gasteiger partial charge >= 0.3 is 12.1 Å². The van der Waals surface area contributed by atoms with Crippen molar-refractivity contribution in [1.29, 1.82) is 0 Å². The zero-order valence-corrected chi connectivity index (χ0v) is 16.1. The number of piperidine rings is 1. The predicted octanol–water partition coefficient (Wildman–Crippen LogP) is 3.81. The van der Waals surface area contributed by atoms with Crippen molar-refractivity contribution in [2.45, 2.75) is 31.4 Å². The minimum atomic E-state index is -0.999. The van der Waals surface area contributed by atoms with Crippen molar-refractivity contribution in [3.05, 3.63) is 54.6 Å². The third kappa shape index (κ3) is 5.36. The monoisotopic (exact) mass is 389 g/mol. The van der Waals surface area contributed by atoms with Gasteiger partial charge < -0.3 is 24.2 Å². The smallest absolute Gasteiger partial charge is 0.407 e. The normalized spacial score (nSPS) is 19.0. The lowest BCUT2D eigenvalue weighted by atomic mass is 9.92.